The van der Waals surface area contributed by atoms with E-state index in [1.807, 2.05) is 31.3 Å². The lowest BCUT2D eigenvalue weighted by Crippen LogP contribution is -2.24. The van der Waals surface area contributed by atoms with Crippen LogP contribution < -0.4 is 10.0 Å². The standard InChI is InChI=1S/C12H16N2O2S2/c1-3-14-18(15,16)12-9-6-4-5-7-10(9)17-11(12)8-13-2/h4-7,13-14H,3,8H2,1-2H3. The number of nitrogens with one attached hydrogen (secondary N) is 2. The lowest BCUT2D eigenvalue weighted by molar-refractivity contribution is 0.583. The molecule has 0 amide bonds. The molecule has 0 spiro atoms. The molecule has 0 atom stereocenters. The fourth-order valence-electron chi connectivity index (χ4n) is 1.91. The predicted octanol–water partition coefficient (Wildman–Crippen LogP) is 1.92. The average Bonchev–Trinajstić information content (AvgIpc) is 2.67. The van der Waals surface area contributed by atoms with Crippen LogP contribution in [0.2, 0.25) is 0 Å². The summed E-state index contributed by atoms with van der Waals surface area (Å²) in [6, 6.07) is 7.59. The quantitative estimate of drug-likeness (QED) is 0.882. The normalized spacial score (nSPS) is 12.1. The minimum Gasteiger partial charge on any atom is -0.315 e. The van der Waals surface area contributed by atoms with Crippen molar-refractivity contribution >= 4 is 31.4 Å². The van der Waals surface area contributed by atoms with Gasteiger partial charge >= 0.3 is 0 Å². The molecule has 2 N–H and O–H groups in total. The Bertz CT molecular complexity index is 647. The molecule has 98 valence electrons. The molecular formula is C12H16N2O2S2. The molecule has 0 radical (unpaired) electrons. The highest BCUT2D eigenvalue weighted by Crippen LogP contribution is 2.34. The molecule has 0 bridgehead atoms. The van der Waals surface area contributed by atoms with Crippen LogP contribution >= 0.6 is 11.3 Å². The van der Waals surface area contributed by atoms with Crippen LogP contribution in [0.1, 0.15) is 11.8 Å². The van der Waals surface area contributed by atoms with Crippen molar-refractivity contribution in [3.05, 3.63) is 29.1 Å². The van der Waals surface area contributed by atoms with E-state index in [-0.39, 0.29) is 0 Å². The van der Waals surface area contributed by atoms with Crippen LogP contribution in [0.25, 0.3) is 10.1 Å². The van der Waals surface area contributed by atoms with Gasteiger partial charge in [0.25, 0.3) is 0 Å². The Hall–Kier alpha value is -0.950. The third-order valence-electron chi connectivity index (χ3n) is 2.56. The molecule has 4 nitrogen and oxygen atoms in total. The molecule has 0 saturated heterocycles. The highest BCUT2D eigenvalue weighted by atomic mass is 32.2. The first kappa shape index (κ1) is 13.5. The molecule has 0 saturated carbocycles. The molecule has 2 aromatic rings. The Labute approximate surface area is 111 Å². The summed E-state index contributed by atoms with van der Waals surface area (Å²) in [7, 11) is -1.61. The molecular weight excluding hydrogens is 268 g/mol. The van der Waals surface area contributed by atoms with E-state index in [0.29, 0.717) is 18.0 Å². The van der Waals surface area contributed by atoms with Crippen LogP contribution in [0.15, 0.2) is 29.2 Å². The van der Waals surface area contributed by atoms with E-state index in [1.165, 1.54) is 11.3 Å². The number of rotatable bonds is 5. The van der Waals surface area contributed by atoms with Gasteiger partial charge in [-0.1, -0.05) is 25.1 Å². The Morgan fingerprint density at radius 1 is 1.28 bits per heavy atom. The van der Waals surface area contributed by atoms with Crippen LogP contribution in [-0.2, 0) is 16.6 Å². The maximum Gasteiger partial charge on any atom is 0.242 e. The maximum absolute atomic E-state index is 12.3. The Morgan fingerprint density at radius 3 is 2.67 bits per heavy atom. The minimum absolute atomic E-state index is 0.394. The molecule has 1 aromatic heterocycles. The Morgan fingerprint density at radius 2 is 2.00 bits per heavy atom. The third kappa shape index (κ3) is 2.42. The highest BCUT2D eigenvalue weighted by Gasteiger charge is 2.23. The molecule has 18 heavy (non-hydrogen) atoms. The van der Waals surface area contributed by atoms with Crippen molar-refractivity contribution in [1.82, 2.24) is 10.0 Å². The van der Waals surface area contributed by atoms with Gasteiger partial charge in [0, 0.05) is 28.1 Å². The summed E-state index contributed by atoms with van der Waals surface area (Å²) in [4.78, 5) is 1.26. The number of benzene rings is 1. The van der Waals surface area contributed by atoms with Crippen LogP contribution in [0.3, 0.4) is 0 Å². The second-order valence-electron chi connectivity index (χ2n) is 3.88. The van der Waals surface area contributed by atoms with Crippen molar-refractivity contribution in [1.29, 1.82) is 0 Å². The summed E-state index contributed by atoms with van der Waals surface area (Å²) in [5, 5.41) is 3.82. The van der Waals surface area contributed by atoms with Gasteiger partial charge in [-0.25, -0.2) is 13.1 Å². The number of hydrogen-bond acceptors (Lipinski definition) is 4. The molecule has 6 heteroatoms. The van der Waals surface area contributed by atoms with Gasteiger partial charge in [-0.3, -0.25) is 0 Å². The summed E-state index contributed by atoms with van der Waals surface area (Å²) in [5.41, 5.74) is 0. The molecule has 1 aromatic carbocycles. The second kappa shape index (κ2) is 5.36. The van der Waals surface area contributed by atoms with E-state index in [1.54, 1.807) is 6.92 Å². The number of hydrogen-bond donors (Lipinski definition) is 2. The van der Waals surface area contributed by atoms with Crippen molar-refractivity contribution in [2.45, 2.75) is 18.4 Å². The van der Waals surface area contributed by atoms with Crippen molar-refractivity contribution < 1.29 is 8.42 Å². The fraction of sp³-hybridized carbons (Fsp3) is 0.333. The minimum atomic E-state index is -3.43. The molecule has 0 aliphatic carbocycles. The van der Waals surface area contributed by atoms with E-state index in [4.69, 9.17) is 0 Å². The zero-order valence-electron chi connectivity index (χ0n) is 10.4. The van der Waals surface area contributed by atoms with Crippen molar-refractivity contribution in [2.24, 2.45) is 0 Å². The molecule has 1 heterocycles. The van der Waals surface area contributed by atoms with E-state index in [0.717, 1.165) is 15.0 Å². The highest BCUT2D eigenvalue weighted by molar-refractivity contribution is 7.90. The second-order valence-corrected chi connectivity index (χ2v) is 6.72. The summed E-state index contributed by atoms with van der Waals surface area (Å²) >= 11 is 1.52. The van der Waals surface area contributed by atoms with E-state index < -0.39 is 10.0 Å². The Kier molecular flexibility index (Phi) is 4.01. The van der Waals surface area contributed by atoms with Crippen LogP contribution in [0.4, 0.5) is 0 Å². The van der Waals surface area contributed by atoms with Gasteiger partial charge in [-0.15, -0.1) is 11.3 Å². The van der Waals surface area contributed by atoms with Gasteiger partial charge in [-0.05, 0) is 13.1 Å². The first-order valence-electron chi connectivity index (χ1n) is 5.74. The molecule has 2 rings (SSSR count). The van der Waals surface area contributed by atoms with Crippen molar-refractivity contribution in [2.75, 3.05) is 13.6 Å². The monoisotopic (exact) mass is 284 g/mol. The average molecular weight is 284 g/mol. The molecule has 0 unspecified atom stereocenters. The first-order valence-corrected chi connectivity index (χ1v) is 8.04. The van der Waals surface area contributed by atoms with Crippen molar-refractivity contribution in [3.63, 3.8) is 0 Å². The van der Waals surface area contributed by atoms with Crippen LogP contribution in [0.5, 0.6) is 0 Å². The van der Waals surface area contributed by atoms with Gasteiger partial charge in [0.15, 0.2) is 0 Å². The summed E-state index contributed by atoms with van der Waals surface area (Å²) in [6.07, 6.45) is 0. The van der Waals surface area contributed by atoms with Crippen molar-refractivity contribution in [3.8, 4) is 0 Å². The van der Waals surface area contributed by atoms with E-state index in [2.05, 4.69) is 10.0 Å². The van der Waals surface area contributed by atoms with Gasteiger partial charge in [-0.2, -0.15) is 0 Å². The lowest BCUT2D eigenvalue weighted by atomic mass is 10.2. The number of sulfonamides is 1. The first-order chi connectivity index (χ1) is 8.60. The molecule has 0 aliphatic rings. The fourth-order valence-corrected chi connectivity index (χ4v) is 4.90. The zero-order chi connectivity index (χ0) is 13.2. The van der Waals surface area contributed by atoms with Gasteiger partial charge in [0.1, 0.15) is 4.90 Å². The smallest absolute Gasteiger partial charge is 0.242 e. The Balaban J connectivity index is 2.69. The van der Waals surface area contributed by atoms with Crippen LogP contribution in [-0.4, -0.2) is 22.0 Å². The largest absolute Gasteiger partial charge is 0.315 e. The molecule has 0 fully saturated rings. The third-order valence-corrected chi connectivity index (χ3v) is 5.53. The van der Waals surface area contributed by atoms with Crippen LogP contribution in [0, 0.1) is 0 Å². The number of fused-ring (bicyclic) bond motifs is 1. The maximum atomic E-state index is 12.3. The van der Waals surface area contributed by atoms with Gasteiger partial charge < -0.3 is 5.32 Å². The summed E-state index contributed by atoms with van der Waals surface area (Å²) < 4.78 is 28.1. The van der Waals surface area contributed by atoms with Gasteiger partial charge in [0.2, 0.25) is 10.0 Å². The van der Waals surface area contributed by atoms with Gasteiger partial charge in [0.05, 0.1) is 0 Å². The molecule has 0 aliphatic heterocycles. The van der Waals surface area contributed by atoms with E-state index in [9.17, 15) is 8.42 Å². The summed E-state index contributed by atoms with van der Waals surface area (Å²) in [6.45, 7) is 2.73. The zero-order valence-corrected chi connectivity index (χ0v) is 12.0. The summed E-state index contributed by atoms with van der Waals surface area (Å²) in [5.74, 6) is 0. The SMILES string of the molecule is CCNS(=O)(=O)c1c(CNC)sc2ccccc12. The van der Waals surface area contributed by atoms with E-state index >= 15 is 0 Å². The topological polar surface area (TPSA) is 58.2 Å². The lowest BCUT2D eigenvalue weighted by Gasteiger charge is -2.06. The number of thiophene rings is 1. The predicted molar refractivity (Wildman–Crippen MR) is 75.5 cm³/mol.